The quantitative estimate of drug-likeness (QED) is 0.490. The first kappa shape index (κ1) is 15.1. The van der Waals surface area contributed by atoms with Gasteiger partial charge in [-0.25, -0.2) is 0 Å². The van der Waals surface area contributed by atoms with Crippen LogP contribution in [0.15, 0.2) is 23.1 Å². The van der Waals surface area contributed by atoms with Crippen molar-refractivity contribution in [2.75, 3.05) is 11.9 Å². The lowest BCUT2D eigenvalue weighted by Gasteiger charge is -2.26. The fraction of sp³-hybridized carbons (Fsp3) is 0.571. The van der Waals surface area contributed by atoms with E-state index in [2.05, 4.69) is 12.2 Å². The molecule has 0 atom stereocenters. The summed E-state index contributed by atoms with van der Waals surface area (Å²) in [5.74, 6) is 1.44. The van der Waals surface area contributed by atoms with E-state index in [9.17, 15) is 10.1 Å². The minimum Gasteiger partial charge on any atom is -0.379 e. The van der Waals surface area contributed by atoms with Crippen LogP contribution in [0.1, 0.15) is 32.6 Å². The zero-order valence-electron chi connectivity index (χ0n) is 11.7. The van der Waals surface area contributed by atoms with E-state index in [4.69, 9.17) is 5.14 Å². The van der Waals surface area contributed by atoms with E-state index in [1.807, 2.05) is 6.07 Å². The van der Waals surface area contributed by atoms with Gasteiger partial charge in [0.15, 0.2) is 0 Å². The Balaban J connectivity index is 2.00. The van der Waals surface area contributed by atoms with Crippen LogP contribution in [0, 0.1) is 22.0 Å². The highest BCUT2D eigenvalue weighted by atomic mass is 32.2. The third-order valence-electron chi connectivity index (χ3n) is 4.02. The van der Waals surface area contributed by atoms with E-state index in [-0.39, 0.29) is 10.6 Å². The first-order valence-corrected chi connectivity index (χ1v) is 7.87. The predicted octanol–water partition coefficient (Wildman–Crippen LogP) is 3.80. The van der Waals surface area contributed by atoms with Gasteiger partial charge in [-0.15, -0.1) is 0 Å². The van der Waals surface area contributed by atoms with Crippen molar-refractivity contribution in [2.45, 2.75) is 37.5 Å². The molecule has 0 aromatic heterocycles. The van der Waals surface area contributed by atoms with Crippen LogP contribution < -0.4 is 10.5 Å². The molecule has 2 rings (SSSR count). The maximum Gasteiger partial charge on any atom is 0.293 e. The Morgan fingerprint density at radius 2 is 2.10 bits per heavy atom. The molecule has 1 aliphatic rings. The predicted molar refractivity (Wildman–Crippen MR) is 82.8 cm³/mol. The fourth-order valence-electron chi connectivity index (χ4n) is 2.67. The summed E-state index contributed by atoms with van der Waals surface area (Å²) in [7, 11) is 0. The molecule has 0 saturated heterocycles. The molecule has 0 spiro atoms. The van der Waals surface area contributed by atoms with Crippen molar-refractivity contribution < 1.29 is 4.92 Å². The van der Waals surface area contributed by atoms with E-state index in [1.165, 1.54) is 31.7 Å². The first-order valence-electron chi connectivity index (χ1n) is 6.99. The summed E-state index contributed by atoms with van der Waals surface area (Å²) >= 11 is 1.02. The van der Waals surface area contributed by atoms with Gasteiger partial charge in [0.2, 0.25) is 0 Å². The zero-order chi connectivity index (χ0) is 14.5. The van der Waals surface area contributed by atoms with Crippen molar-refractivity contribution in [3.8, 4) is 0 Å². The number of nitrogens with two attached hydrogens (primary N) is 1. The molecule has 1 aliphatic carbocycles. The van der Waals surface area contributed by atoms with Crippen LogP contribution in [0.4, 0.5) is 11.4 Å². The van der Waals surface area contributed by atoms with Crippen LogP contribution in [0.3, 0.4) is 0 Å². The van der Waals surface area contributed by atoms with E-state index >= 15 is 0 Å². The van der Waals surface area contributed by atoms with Crippen LogP contribution in [0.5, 0.6) is 0 Å². The maximum atomic E-state index is 11.1. The summed E-state index contributed by atoms with van der Waals surface area (Å²) in [6, 6.07) is 5.08. The molecule has 5 nitrogen and oxygen atoms in total. The smallest absolute Gasteiger partial charge is 0.293 e. The van der Waals surface area contributed by atoms with E-state index in [0.29, 0.717) is 16.5 Å². The van der Waals surface area contributed by atoms with Crippen LogP contribution in [0.25, 0.3) is 0 Å². The Bertz CT molecular complexity index is 473. The number of hydrogen-bond acceptors (Lipinski definition) is 5. The summed E-state index contributed by atoms with van der Waals surface area (Å²) in [6.07, 6.45) is 4.94. The number of nitrogens with one attached hydrogen (secondary N) is 1. The average Bonchev–Trinajstić information content (AvgIpc) is 2.46. The van der Waals surface area contributed by atoms with Crippen LogP contribution in [-0.2, 0) is 0 Å². The monoisotopic (exact) mass is 295 g/mol. The van der Waals surface area contributed by atoms with E-state index in [0.717, 1.165) is 24.4 Å². The van der Waals surface area contributed by atoms with Gasteiger partial charge in [-0.3, -0.25) is 15.3 Å². The normalized spacial score (nSPS) is 22.5. The molecular formula is C14H21N3O2S. The Kier molecular flexibility index (Phi) is 5.25. The average molecular weight is 295 g/mol. The van der Waals surface area contributed by atoms with Crippen LogP contribution in [-0.4, -0.2) is 11.5 Å². The van der Waals surface area contributed by atoms with Gasteiger partial charge in [0.25, 0.3) is 5.69 Å². The Morgan fingerprint density at radius 1 is 1.40 bits per heavy atom. The van der Waals surface area contributed by atoms with Gasteiger partial charge < -0.3 is 5.32 Å². The number of nitro benzene ring substituents is 1. The van der Waals surface area contributed by atoms with Crippen molar-refractivity contribution in [3.63, 3.8) is 0 Å². The number of anilines is 1. The van der Waals surface area contributed by atoms with Gasteiger partial charge in [0.1, 0.15) is 5.69 Å². The van der Waals surface area contributed by atoms with Gasteiger partial charge in [0, 0.05) is 17.5 Å². The second kappa shape index (κ2) is 6.95. The molecule has 110 valence electrons. The summed E-state index contributed by atoms with van der Waals surface area (Å²) in [6.45, 7) is 3.10. The Hall–Kier alpha value is -1.27. The van der Waals surface area contributed by atoms with Crippen molar-refractivity contribution in [1.82, 2.24) is 0 Å². The van der Waals surface area contributed by atoms with Gasteiger partial charge in [-0.1, -0.05) is 19.8 Å². The molecule has 0 unspecified atom stereocenters. The molecule has 3 N–H and O–H groups in total. The summed E-state index contributed by atoms with van der Waals surface area (Å²) in [5.41, 5.74) is 0.691. The summed E-state index contributed by atoms with van der Waals surface area (Å²) < 4.78 is 0. The number of benzene rings is 1. The summed E-state index contributed by atoms with van der Waals surface area (Å²) in [5, 5.41) is 19.8. The van der Waals surface area contributed by atoms with E-state index < -0.39 is 0 Å². The van der Waals surface area contributed by atoms with Gasteiger partial charge in [0.05, 0.1) is 4.92 Å². The van der Waals surface area contributed by atoms with Crippen molar-refractivity contribution in [2.24, 2.45) is 17.0 Å². The second-order valence-corrected chi connectivity index (χ2v) is 6.27. The topological polar surface area (TPSA) is 81.2 Å². The van der Waals surface area contributed by atoms with Crippen molar-refractivity contribution in [3.05, 3.63) is 28.3 Å². The first-order chi connectivity index (χ1) is 9.60. The molecule has 0 aliphatic heterocycles. The third kappa shape index (κ3) is 3.86. The maximum absolute atomic E-state index is 11.1. The third-order valence-corrected chi connectivity index (χ3v) is 4.54. The minimum absolute atomic E-state index is 0.102. The lowest BCUT2D eigenvalue weighted by atomic mass is 9.83. The van der Waals surface area contributed by atoms with Gasteiger partial charge >= 0.3 is 0 Å². The number of hydrogen-bond donors (Lipinski definition) is 2. The van der Waals surface area contributed by atoms with Crippen LogP contribution in [0.2, 0.25) is 0 Å². The second-order valence-electron chi connectivity index (χ2n) is 5.56. The standard InChI is InChI=1S/C14H21N3O2S/c1-10-2-4-11(5-3-10)9-16-13-7-6-12(20-15)8-14(13)17(18)19/h6-8,10-11,16H,2-5,9,15H2,1H3. The molecule has 6 heteroatoms. The fourth-order valence-corrected chi connectivity index (χ4v) is 3.00. The van der Waals surface area contributed by atoms with E-state index in [1.54, 1.807) is 6.07 Å². The highest BCUT2D eigenvalue weighted by Crippen LogP contribution is 2.31. The number of nitrogens with zero attached hydrogens (tertiary/aromatic N) is 1. The number of nitro groups is 1. The lowest BCUT2D eigenvalue weighted by Crippen LogP contribution is -2.20. The lowest BCUT2D eigenvalue weighted by molar-refractivity contribution is -0.384. The molecule has 0 amide bonds. The van der Waals surface area contributed by atoms with Gasteiger partial charge in [-0.05, 0) is 48.8 Å². The molecule has 1 saturated carbocycles. The minimum atomic E-state index is -0.356. The zero-order valence-corrected chi connectivity index (χ0v) is 12.5. The highest BCUT2D eigenvalue weighted by Gasteiger charge is 2.20. The molecule has 0 radical (unpaired) electrons. The summed E-state index contributed by atoms with van der Waals surface area (Å²) in [4.78, 5) is 11.4. The highest BCUT2D eigenvalue weighted by molar-refractivity contribution is 7.97. The molecule has 1 aromatic rings. The Morgan fingerprint density at radius 3 is 2.70 bits per heavy atom. The molecule has 0 heterocycles. The molecular weight excluding hydrogens is 274 g/mol. The molecule has 20 heavy (non-hydrogen) atoms. The molecule has 1 aromatic carbocycles. The number of rotatable bonds is 5. The SMILES string of the molecule is CC1CCC(CNc2ccc(SN)cc2[N+](=O)[O-])CC1. The van der Waals surface area contributed by atoms with Crippen molar-refractivity contribution >= 4 is 23.3 Å². The molecule has 0 bridgehead atoms. The van der Waals surface area contributed by atoms with Gasteiger partial charge in [-0.2, -0.15) is 0 Å². The Labute approximate surface area is 123 Å². The van der Waals surface area contributed by atoms with Crippen molar-refractivity contribution in [1.29, 1.82) is 0 Å². The van der Waals surface area contributed by atoms with Crippen LogP contribution >= 0.6 is 11.9 Å². The molecule has 1 fully saturated rings. The largest absolute Gasteiger partial charge is 0.379 e.